The third-order valence-electron chi connectivity index (χ3n) is 6.28. The molecule has 1 aliphatic carbocycles. The van der Waals surface area contributed by atoms with Gasteiger partial charge in [-0.3, -0.25) is 10.2 Å². The smallest absolute Gasteiger partial charge is 0.408 e. The van der Waals surface area contributed by atoms with Crippen molar-refractivity contribution in [1.29, 1.82) is 0 Å². The summed E-state index contributed by atoms with van der Waals surface area (Å²) in [5.74, 6) is -0.175. The van der Waals surface area contributed by atoms with Gasteiger partial charge in [-0.2, -0.15) is 4.31 Å². The van der Waals surface area contributed by atoms with Gasteiger partial charge in [0.05, 0.1) is 11.6 Å². The maximum atomic E-state index is 13.1. The van der Waals surface area contributed by atoms with Crippen molar-refractivity contribution in [2.24, 2.45) is 11.8 Å². The quantitative estimate of drug-likeness (QED) is 0.449. The van der Waals surface area contributed by atoms with Crippen LogP contribution in [-0.4, -0.2) is 67.0 Å². The summed E-state index contributed by atoms with van der Waals surface area (Å²) in [4.78, 5) is 23.5. The Labute approximate surface area is 176 Å². The zero-order valence-electron chi connectivity index (χ0n) is 16.9. The van der Waals surface area contributed by atoms with Crippen LogP contribution in [0.15, 0.2) is 29.2 Å². The first-order valence-corrected chi connectivity index (χ1v) is 11.6. The van der Waals surface area contributed by atoms with Gasteiger partial charge in [-0.15, -0.1) is 0 Å². The van der Waals surface area contributed by atoms with Crippen LogP contribution in [-0.2, 0) is 14.8 Å². The molecule has 2 aliphatic rings. The van der Waals surface area contributed by atoms with Crippen LogP contribution >= 0.6 is 0 Å². The molecule has 8 nitrogen and oxygen atoms in total. The average Bonchev–Trinajstić information content (AvgIpc) is 3.28. The molecular weight excluding hydrogens is 413 g/mol. The fourth-order valence-corrected chi connectivity index (χ4v) is 6.06. The van der Waals surface area contributed by atoms with Crippen LogP contribution in [0, 0.1) is 17.7 Å². The van der Waals surface area contributed by atoms with Crippen molar-refractivity contribution in [1.82, 2.24) is 14.5 Å². The molecule has 30 heavy (non-hydrogen) atoms. The SMILES string of the molecule is CC(CCC=O)N(CNC1CC[C@H]2CN(S(=O)(=O)c3ccc(F)cc3)CC12)C(=O)O. The van der Waals surface area contributed by atoms with Crippen LogP contribution in [0.3, 0.4) is 0 Å². The molecular formula is C20H28FN3O5S. The van der Waals surface area contributed by atoms with Crippen molar-refractivity contribution in [2.45, 2.75) is 49.6 Å². The Kier molecular flexibility index (Phi) is 7.10. The van der Waals surface area contributed by atoms with E-state index in [2.05, 4.69) is 5.32 Å². The lowest BCUT2D eigenvalue weighted by atomic mass is 9.98. The normalized spacial score (nSPS) is 25.1. The van der Waals surface area contributed by atoms with Crippen LogP contribution in [0.2, 0.25) is 0 Å². The highest BCUT2D eigenvalue weighted by molar-refractivity contribution is 7.89. The number of fused-ring (bicyclic) bond motifs is 1. The first-order valence-electron chi connectivity index (χ1n) is 10.2. The number of nitrogens with one attached hydrogen (secondary N) is 1. The summed E-state index contributed by atoms with van der Waals surface area (Å²) in [6.07, 6.45) is 2.21. The highest BCUT2D eigenvalue weighted by atomic mass is 32.2. The maximum absolute atomic E-state index is 13.1. The number of carbonyl (C=O) groups is 2. The van der Waals surface area contributed by atoms with Gasteiger partial charge >= 0.3 is 6.09 Å². The molecule has 0 bridgehead atoms. The second kappa shape index (κ2) is 9.40. The van der Waals surface area contributed by atoms with Crippen LogP contribution in [0.1, 0.15) is 32.6 Å². The summed E-state index contributed by atoms with van der Waals surface area (Å²) in [5, 5.41) is 12.8. The van der Waals surface area contributed by atoms with Gasteiger partial charge in [0, 0.05) is 31.6 Å². The largest absolute Gasteiger partial charge is 0.465 e. The molecule has 166 valence electrons. The third-order valence-corrected chi connectivity index (χ3v) is 8.12. The van der Waals surface area contributed by atoms with E-state index in [4.69, 9.17) is 0 Å². The number of rotatable bonds is 9. The van der Waals surface area contributed by atoms with Gasteiger partial charge in [-0.25, -0.2) is 17.6 Å². The minimum atomic E-state index is -3.69. The maximum Gasteiger partial charge on any atom is 0.408 e. The van der Waals surface area contributed by atoms with Crippen LogP contribution in [0.5, 0.6) is 0 Å². The van der Waals surface area contributed by atoms with E-state index in [1.54, 1.807) is 6.92 Å². The van der Waals surface area contributed by atoms with E-state index in [9.17, 15) is 27.5 Å². The van der Waals surface area contributed by atoms with Crippen LogP contribution < -0.4 is 5.32 Å². The second-order valence-electron chi connectivity index (χ2n) is 8.09. The van der Waals surface area contributed by atoms with E-state index < -0.39 is 21.9 Å². The third kappa shape index (κ3) is 4.81. The Morgan fingerprint density at radius 2 is 2.03 bits per heavy atom. The Morgan fingerprint density at radius 3 is 2.67 bits per heavy atom. The number of sulfonamides is 1. The Hall–Kier alpha value is -2.04. The van der Waals surface area contributed by atoms with E-state index in [0.717, 1.165) is 31.3 Å². The van der Waals surface area contributed by atoms with Gasteiger partial charge in [0.1, 0.15) is 12.1 Å². The van der Waals surface area contributed by atoms with E-state index in [0.29, 0.717) is 25.9 Å². The molecule has 1 saturated heterocycles. The molecule has 1 aromatic carbocycles. The predicted octanol–water partition coefficient (Wildman–Crippen LogP) is 2.12. The van der Waals surface area contributed by atoms with Crippen LogP contribution in [0.4, 0.5) is 9.18 Å². The van der Waals surface area contributed by atoms with Gasteiger partial charge in [0.25, 0.3) is 0 Å². The second-order valence-corrected chi connectivity index (χ2v) is 10.0. The average molecular weight is 442 g/mol. The molecule has 0 radical (unpaired) electrons. The van der Waals surface area contributed by atoms with Crippen molar-refractivity contribution >= 4 is 22.4 Å². The van der Waals surface area contributed by atoms with Crippen molar-refractivity contribution in [3.63, 3.8) is 0 Å². The predicted molar refractivity (Wildman–Crippen MR) is 108 cm³/mol. The molecule has 1 aliphatic heterocycles. The minimum Gasteiger partial charge on any atom is -0.465 e. The number of amides is 1. The number of hydrogen-bond acceptors (Lipinski definition) is 5. The molecule has 1 amide bonds. The summed E-state index contributed by atoms with van der Waals surface area (Å²) < 4.78 is 40.4. The summed E-state index contributed by atoms with van der Waals surface area (Å²) in [5.41, 5.74) is 0. The molecule has 10 heteroatoms. The van der Waals surface area contributed by atoms with Gasteiger partial charge in [0.2, 0.25) is 10.0 Å². The number of carboxylic acid groups (broad SMARTS) is 1. The van der Waals surface area contributed by atoms with Gasteiger partial charge in [-0.1, -0.05) is 0 Å². The molecule has 3 unspecified atom stereocenters. The topological polar surface area (TPSA) is 107 Å². The minimum absolute atomic E-state index is 0.0172. The lowest BCUT2D eigenvalue weighted by Gasteiger charge is -2.29. The summed E-state index contributed by atoms with van der Waals surface area (Å²) >= 11 is 0. The molecule has 2 fully saturated rings. The van der Waals surface area contributed by atoms with E-state index in [-0.39, 0.29) is 35.5 Å². The van der Waals surface area contributed by atoms with Crippen molar-refractivity contribution < 1.29 is 27.5 Å². The molecule has 1 heterocycles. The van der Waals surface area contributed by atoms with E-state index in [1.807, 2.05) is 0 Å². The molecule has 1 saturated carbocycles. The molecule has 2 N–H and O–H groups in total. The molecule has 0 spiro atoms. The van der Waals surface area contributed by atoms with E-state index >= 15 is 0 Å². The van der Waals surface area contributed by atoms with Crippen molar-refractivity contribution in [3.05, 3.63) is 30.1 Å². The number of aldehydes is 1. The zero-order chi connectivity index (χ0) is 21.9. The van der Waals surface area contributed by atoms with E-state index in [1.165, 1.54) is 21.3 Å². The molecule has 1 aromatic rings. The van der Waals surface area contributed by atoms with Gasteiger partial charge in [0.15, 0.2) is 0 Å². The number of benzene rings is 1. The molecule has 3 rings (SSSR count). The fraction of sp³-hybridized carbons (Fsp3) is 0.600. The monoisotopic (exact) mass is 441 g/mol. The summed E-state index contributed by atoms with van der Waals surface area (Å²) in [6.45, 7) is 2.67. The Balaban J connectivity index is 1.62. The first-order chi connectivity index (χ1) is 14.2. The highest BCUT2D eigenvalue weighted by Crippen LogP contribution is 2.40. The number of halogens is 1. The van der Waals surface area contributed by atoms with Crippen molar-refractivity contribution in [3.8, 4) is 0 Å². The standard InChI is InChI=1S/C20H28FN3O5S/c1-14(3-2-10-25)24(20(26)27)13-22-19-9-4-15-11-23(12-18(15)19)30(28,29)17-7-5-16(21)6-8-17/h5-8,10,14-15,18-19,22H,2-4,9,11-13H2,1H3,(H,26,27)/t14?,15-,18?,19?/m0/s1. The Bertz CT molecular complexity index is 864. The summed E-state index contributed by atoms with van der Waals surface area (Å²) in [6, 6.07) is 4.56. The number of carbonyl (C=O) groups excluding carboxylic acids is 1. The lowest BCUT2D eigenvalue weighted by molar-refractivity contribution is -0.108. The zero-order valence-corrected chi connectivity index (χ0v) is 17.7. The number of nitrogens with zero attached hydrogens (tertiary/aromatic N) is 2. The highest BCUT2D eigenvalue weighted by Gasteiger charge is 2.46. The number of hydrogen-bond donors (Lipinski definition) is 2. The lowest BCUT2D eigenvalue weighted by Crippen LogP contribution is -2.48. The molecule has 4 atom stereocenters. The fourth-order valence-electron chi connectivity index (χ4n) is 4.52. The van der Waals surface area contributed by atoms with Crippen LogP contribution in [0.25, 0.3) is 0 Å². The van der Waals surface area contributed by atoms with Gasteiger partial charge < -0.3 is 9.90 Å². The summed E-state index contributed by atoms with van der Waals surface area (Å²) in [7, 11) is -3.69. The van der Waals surface area contributed by atoms with Gasteiger partial charge in [-0.05, 0) is 62.3 Å². The van der Waals surface area contributed by atoms with Crippen molar-refractivity contribution in [2.75, 3.05) is 19.8 Å². The molecule has 0 aromatic heterocycles. The Morgan fingerprint density at radius 1 is 1.33 bits per heavy atom. The first kappa shape index (κ1) is 22.6.